The molecule has 2 atom stereocenters. The normalized spacial score (nSPS) is 31.4. The van der Waals surface area contributed by atoms with Crippen molar-refractivity contribution in [1.82, 2.24) is 0 Å². The summed E-state index contributed by atoms with van der Waals surface area (Å²) in [6, 6.07) is 0. The molecular weight excluding hydrogens is 179 g/mol. The first-order valence-corrected chi connectivity index (χ1v) is 5.14. The van der Waals surface area contributed by atoms with Crippen molar-refractivity contribution >= 4 is 58.3 Å². The molecule has 2 nitrogen and oxygen atoms in total. The molecule has 1 rings (SSSR count). The summed E-state index contributed by atoms with van der Waals surface area (Å²) < 4.78 is 10.7. The molecule has 0 N–H and O–H groups in total. The molecule has 1 saturated heterocycles. The third-order valence-electron chi connectivity index (χ3n) is 1.12. The fourth-order valence-corrected chi connectivity index (χ4v) is 3.98. The van der Waals surface area contributed by atoms with Gasteiger partial charge in [0.1, 0.15) is 5.75 Å². The van der Waals surface area contributed by atoms with Gasteiger partial charge in [-0.3, -0.25) is 4.79 Å². The average molecular weight is 188 g/mol. The molecule has 0 bridgehead atoms. The Morgan fingerprint density at radius 3 is 2.60 bits per heavy atom. The Bertz CT molecular complexity index is 131. The molecule has 0 radical (unpaired) electrons. The summed E-state index contributed by atoms with van der Waals surface area (Å²) in [7, 11) is 0. The van der Waals surface area contributed by atoms with Crippen LogP contribution in [0.15, 0.2) is 0 Å². The molecule has 2 unspecified atom stereocenters. The number of carbonyl (C=O) groups excluding carboxylic acids is 1. The van der Waals surface area contributed by atoms with Gasteiger partial charge in [-0.05, 0) is 11.2 Å². The maximum absolute atomic E-state index is 10.9. The second-order valence-corrected chi connectivity index (χ2v) is 5.05. The van der Waals surface area contributed by atoms with Crippen LogP contribution in [0, 0.1) is 0 Å². The Morgan fingerprint density at radius 1 is 1.80 bits per heavy atom. The summed E-state index contributed by atoms with van der Waals surface area (Å²) in [6.07, 6.45) is 0. The summed E-state index contributed by atoms with van der Waals surface area (Å²) in [6.45, 7) is 1.50. The van der Waals surface area contributed by atoms with Gasteiger partial charge in [0.2, 0.25) is 4.58 Å². The number of hydrogen-bond donors (Lipinski definition) is 0. The zero-order chi connectivity index (χ0) is 6.85. The van der Waals surface area contributed by atoms with Crippen molar-refractivity contribution in [2.24, 2.45) is 0 Å². The number of thioether (sulfide) groups is 1. The number of carbonyl (C=O) groups is 1. The van der Waals surface area contributed by atoms with Crippen molar-refractivity contribution in [2.45, 2.75) is 11.5 Å². The van der Waals surface area contributed by atoms with E-state index in [1.54, 1.807) is 0 Å². The van der Waals surface area contributed by atoms with Gasteiger partial charge in [0, 0.05) is 12.7 Å². The summed E-state index contributed by atoms with van der Waals surface area (Å²) in [5.41, 5.74) is 0. The van der Waals surface area contributed by atoms with Crippen molar-refractivity contribution in [3.8, 4) is 0 Å². The summed E-state index contributed by atoms with van der Waals surface area (Å²) in [4.78, 5) is 10.6. The fourth-order valence-electron chi connectivity index (χ4n) is 0.723. The van der Waals surface area contributed by atoms with E-state index in [4.69, 9.17) is 0 Å². The van der Waals surface area contributed by atoms with E-state index in [2.05, 4.69) is 0 Å². The zero-order valence-electron chi connectivity index (χ0n) is 5.12. The number of rotatable bonds is 1. The molecule has 0 spiro atoms. The molecule has 1 heterocycles. The molecule has 10 heavy (non-hydrogen) atoms. The molecule has 0 aromatic heterocycles. The van der Waals surface area contributed by atoms with Crippen LogP contribution in [-0.4, -0.2) is 56.0 Å². The summed E-state index contributed by atoms with van der Waals surface area (Å²) in [5.74, 6) is 1.61. The van der Waals surface area contributed by atoms with Gasteiger partial charge in [-0.2, -0.15) is 0 Å². The van der Waals surface area contributed by atoms with Crippen LogP contribution in [0.2, 0.25) is 0 Å². The van der Waals surface area contributed by atoms with Gasteiger partial charge in [-0.25, -0.2) is 0 Å². The van der Waals surface area contributed by atoms with Crippen LogP contribution < -0.4 is 0 Å². The maximum atomic E-state index is 10.9. The quantitative estimate of drug-likeness (QED) is 0.421. The second kappa shape index (κ2) is 5.06. The molecule has 0 aromatic carbocycles. The van der Waals surface area contributed by atoms with Crippen LogP contribution in [0.25, 0.3) is 0 Å². The Labute approximate surface area is 90.0 Å². The number of hydrogen-bond acceptors (Lipinski definition) is 3. The standard InChI is InChI=1S/C5H8O2S2.Na.H/c1-4(6)5-8-2-3-9(5)7;;/h5H,2-3H2,1H3;;. The van der Waals surface area contributed by atoms with Crippen LogP contribution in [0.3, 0.4) is 0 Å². The van der Waals surface area contributed by atoms with E-state index in [-0.39, 0.29) is 39.9 Å². The first kappa shape index (κ1) is 11.3. The molecule has 0 aromatic rings. The fraction of sp³-hybridized carbons (Fsp3) is 0.800. The first-order chi connectivity index (χ1) is 4.22. The van der Waals surface area contributed by atoms with Crippen LogP contribution in [0.5, 0.6) is 0 Å². The number of ketones is 1. The van der Waals surface area contributed by atoms with Crippen molar-refractivity contribution in [2.75, 3.05) is 11.5 Å². The molecule has 5 heteroatoms. The van der Waals surface area contributed by atoms with E-state index >= 15 is 0 Å². The third kappa shape index (κ3) is 2.75. The van der Waals surface area contributed by atoms with Gasteiger partial charge in [0.05, 0.1) is 0 Å². The van der Waals surface area contributed by atoms with Gasteiger partial charge in [0.15, 0.2) is 5.78 Å². The van der Waals surface area contributed by atoms with Crippen LogP contribution in [0.4, 0.5) is 0 Å². The molecule has 54 valence electrons. The van der Waals surface area contributed by atoms with E-state index in [9.17, 15) is 9.35 Å². The molecule has 0 saturated carbocycles. The van der Waals surface area contributed by atoms with E-state index in [0.717, 1.165) is 5.75 Å². The van der Waals surface area contributed by atoms with E-state index in [0.29, 0.717) is 5.75 Å². The molecular formula is C5H9NaO2S2. The summed E-state index contributed by atoms with van der Waals surface area (Å²) >= 11 is 0.632. The second-order valence-electron chi connectivity index (χ2n) is 1.90. The van der Waals surface area contributed by atoms with Crippen molar-refractivity contribution in [1.29, 1.82) is 0 Å². The molecule has 1 aliphatic rings. The van der Waals surface area contributed by atoms with Crippen LogP contribution in [-0.2, 0) is 16.0 Å². The minimum atomic E-state index is -0.877. The van der Waals surface area contributed by atoms with Crippen LogP contribution in [0.1, 0.15) is 6.92 Å². The van der Waals surface area contributed by atoms with Gasteiger partial charge in [0.25, 0.3) is 0 Å². The van der Waals surface area contributed by atoms with Crippen LogP contribution >= 0.6 is 11.8 Å². The van der Waals surface area contributed by atoms with Gasteiger partial charge in [-0.15, -0.1) is 0 Å². The number of Topliss-reactive ketones (excluding diaryl/α,β-unsaturated/α-hetero) is 1. The molecule has 1 fully saturated rings. The van der Waals surface area contributed by atoms with E-state index < -0.39 is 11.2 Å². The molecule has 0 amide bonds. The molecule has 0 aliphatic carbocycles. The van der Waals surface area contributed by atoms with E-state index in [1.165, 1.54) is 18.7 Å². The third-order valence-corrected chi connectivity index (χ3v) is 4.93. The Kier molecular flexibility index (Phi) is 5.73. The Balaban J connectivity index is 0.000000810. The van der Waals surface area contributed by atoms with Gasteiger partial charge < -0.3 is 4.55 Å². The van der Waals surface area contributed by atoms with Crippen molar-refractivity contribution < 1.29 is 9.35 Å². The van der Waals surface area contributed by atoms with Gasteiger partial charge in [-0.1, -0.05) is 11.8 Å². The molecule has 1 aliphatic heterocycles. The van der Waals surface area contributed by atoms with Gasteiger partial charge >= 0.3 is 29.6 Å². The zero-order valence-corrected chi connectivity index (χ0v) is 6.76. The van der Waals surface area contributed by atoms with Crippen molar-refractivity contribution in [3.05, 3.63) is 0 Å². The Hall–Kier alpha value is 1.33. The monoisotopic (exact) mass is 188 g/mol. The predicted molar refractivity (Wildman–Crippen MR) is 47.1 cm³/mol. The predicted octanol–water partition coefficient (Wildman–Crippen LogP) is -0.252. The SMILES string of the molecule is CC(=O)C1SCC[S+]1[O-].[NaH]. The minimum absolute atomic E-state index is 0. The summed E-state index contributed by atoms with van der Waals surface area (Å²) in [5, 5.41) is 0. The first-order valence-electron chi connectivity index (χ1n) is 2.71. The van der Waals surface area contributed by atoms with E-state index in [1.807, 2.05) is 0 Å². The average Bonchev–Trinajstić information content (AvgIpc) is 2.13. The topological polar surface area (TPSA) is 40.1 Å². The Morgan fingerprint density at radius 2 is 2.40 bits per heavy atom. The van der Waals surface area contributed by atoms with Crippen molar-refractivity contribution in [3.63, 3.8) is 0 Å².